The lowest BCUT2D eigenvalue weighted by atomic mass is 9.94. The first kappa shape index (κ1) is 20.0. The number of likely N-dealkylation sites (tertiary alicyclic amines) is 1. The number of aryl methyl sites for hydroxylation is 1. The zero-order chi connectivity index (χ0) is 20.5. The molecule has 0 radical (unpaired) electrons. The van der Waals surface area contributed by atoms with Crippen molar-refractivity contribution in [3.63, 3.8) is 0 Å². The molecule has 0 unspecified atom stereocenters. The van der Waals surface area contributed by atoms with Gasteiger partial charge in [0.15, 0.2) is 0 Å². The van der Waals surface area contributed by atoms with Gasteiger partial charge in [0.25, 0.3) is 5.95 Å². The van der Waals surface area contributed by atoms with Crippen molar-refractivity contribution in [2.45, 2.75) is 44.9 Å². The van der Waals surface area contributed by atoms with E-state index < -0.39 is 0 Å². The summed E-state index contributed by atoms with van der Waals surface area (Å²) in [5, 5.41) is 10.6. The normalized spacial score (nSPS) is 19.7. The number of fused-ring (bicyclic) bond motifs is 1. The Hall–Kier alpha value is -1.96. The second-order valence-electron chi connectivity index (χ2n) is 8.41. The first-order valence-corrected chi connectivity index (χ1v) is 11.4. The highest BCUT2D eigenvalue weighted by Gasteiger charge is 2.28. The van der Waals surface area contributed by atoms with Crippen molar-refractivity contribution in [3.8, 4) is 5.95 Å². The summed E-state index contributed by atoms with van der Waals surface area (Å²) < 4.78 is 12.9. The number of rotatable bonds is 5. The molecule has 0 amide bonds. The average molecular weight is 430 g/mol. The monoisotopic (exact) mass is 429 g/mol. The molecular formula is C22H28ClN5O2. The summed E-state index contributed by atoms with van der Waals surface area (Å²) in [6.45, 7) is 7.26. The molecule has 0 aliphatic carbocycles. The molecule has 2 saturated heterocycles. The van der Waals surface area contributed by atoms with Gasteiger partial charge in [-0.2, -0.15) is 14.8 Å². The van der Waals surface area contributed by atoms with Gasteiger partial charge in [0, 0.05) is 31.1 Å². The maximum Gasteiger partial charge on any atom is 0.291 e. The van der Waals surface area contributed by atoms with Gasteiger partial charge in [-0.25, -0.2) is 0 Å². The van der Waals surface area contributed by atoms with Gasteiger partial charge in [-0.05, 0) is 62.3 Å². The van der Waals surface area contributed by atoms with Crippen molar-refractivity contribution in [1.29, 1.82) is 0 Å². The Morgan fingerprint density at radius 1 is 1.13 bits per heavy atom. The molecule has 3 aromatic rings. The van der Waals surface area contributed by atoms with E-state index in [4.69, 9.17) is 30.9 Å². The molecule has 0 bridgehead atoms. The smallest absolute Gasteiger partial charge is 0.291 e. The minimum absolute atomic E-state index is 0.306. The molecule has 7 nitrogen and oxygen atoms in total. The molecule has 0 N–H and O–H groups in total. The highest BCUT2D eigenvalue weighted by atomic mass is 35.5. The first-order chi connectivity index (χ1) is 14.7. The third-order valence-corrected chi connectivity index (χ3v) is 6.78. The molecule has 2 aromatic heterocycles. The van der Waals surface area contributed by atoms with Crippen molar-refractivity contribution in [2.24, 2.45) is 5.92 Å². The van der Waals surface area contributed by atoms with Crippen LogP contribution in [0.2, 0.25) is 5.02 Å². The van der Waals surface area contributed by atoms with Gasteiger partial charge in [0.2, 0.25) is 5.89 Å². The number of nitrogens with zero attached hydrogens (tertiary/aromatic N) is 5. The Morgan fingerprint density at radius 2 is 1.93 bits per heavy atom. The number of benzene rings is 1. The molecule has 2 aliphatic rings. The number of hydrogen-bond donors (Lipinski definition) is 0. The lowest BCUT2D eigenvalue weighted by Crippen LogP contribution is -2.38. The fraction of sp³-hybridized carbons (Fsp3) is 0.591. The lowest BCUT2D eigenvalue weighted by molar-refractivity contribution is 0.0481. The van der Waals surface area contributed by atoms with Crippen LogP contribution in [0.3, 0.4) is 0 Å². The molecule has 30 heavy (non-hydrogen) atoms. The van der Waals surface area contributed by atoms with E-state index >= 15 is 0 Å². The molecule has 0 spiro atoms. The van der Waals surface area contributed by atoms with Gasteiger partial charge < -0.3 is 14.2 Å². The number of piperidine rings is 1. The van der Waals surface area contributed by atoms with Crippen LogP contribution in [0.25, 0.3) is 16.9 Å². The zero-order valence-electron chi connectivity index (χ0n) is 17.4. The Labute approximate surface area is 181 Å². The highest BCUT2D eigenvalue weighted by Crippen LogP contribution is 2.31. The standard InChI is InChI=1S/C22H28ClN5O2/c1-2-19-17-4-3-5-18(23)20(17)28(25-19)22-24-21(30-26-22)16-6-10-27(11-7-16)14-15-8-12-29-13-9-15/h3-5,15-16H,2,6-14H2,1H3. The van der Waals surface area contributed by atoms with Crippen molar-refractivity contribution < 1.29 is 9.26 Å². The molecule has 5 rings (SSSR count). The van der Waals surface area contributed by atoms with Crippen LogP contribution in [0.5, 0.6) is 0 Å². The summed E-state index contributed by atoms with van der Waals surface area (Å²) in [6, 6.07) is 5.86. The van der Waals surface area contributed by atoms with E-state index in [1.165, 1.54) is 19.4 Å². The topological polar surface area (TPSA) is 69.2 Å². The van der Waals surface area contributed by atoms with Crippen molar-refractivity contribution in [2.75, 3.05) is 32.8 Å². The van der Waals surface area contributed by atoms with Crippen LogP contribution in [0, 0.1) is 5.92 Å². The molecule has 8 heteroatoms. The van der Waals surface area contributed by atoms with E-state index in [-0.39, 0.29) is 0 Å². The molecule has 2 aliphatic heterocycles. The maximum absolute atomic E-state index is 6.47. The van der Waals surface area contributed by atoms with Gasteiger partial charge >= 0.3 is 0 Å². The number of ether oxygens (including phenoxy) is 1. The fourth-order valence-electron chi connectivity index (χ4n) is 4.73. The number of halogens is 1. The van der Waals surface area contributed by atoms with Crippen LogP contribution < -0.4 is 0 Å². The summed E-state index contributed by atoms with van der Waals surface area (Å²) in [4.78, 5) is 7.29. The summed E-state index contributed by atoms with van der Waals surface area (Å²) in [7, 11) is 0. The maximum atomic E-state index is 6.47. The Morgan fingerprint density at radius 3 is 2.70 bits per heavy atom. The van der Waals surface area contributed by atoms with Gasteiger partial charge in [-0.1, -0.05) is 30.7 Å². The van der Waals surface area contributed by atoms with E-state index in [1.54, 1.807) is 4.68 Å². The third-order valence-electron chi connectivity index (χ3n) is 6.48. The van der Waals surface area contributed by atoms with Crippen molar-refractivity contribution >= 4 is 22.5 Å². The van der Waals surface area contributed by atoms with Crippen LogP contribution in [0.4, 0.5) is 0 Å². The van der Waals surface area contributed by atoms with Gasteiger partial charge in [0.1, 0.15) is 0 Å². The van der Waals surface area contributed by atoms with Gasteiger partial charge in [-0.3, -0.25) is 0 Å². The van der Waals surface area contributed by atoms with E-state index in [1.807, 2.05) is 18.2 Å². The SMILES string of the molecule is CCc1nn(-c2noc(C3CCN(CC4CCOCC4)CC3)n2)c2c(Cl)cccc12. The lowest BCUT2D eigenvalue weighted by Gasteiger charge is -2.34. The predicted octanol–water partition coefficient (Wildman–Crippen LogP) is 4.23. The minimum Gasteiger partial charge on any atom is -0.381 e. The first-order valence-electron chi connectivity index (χ1n) is 11.0. The van der Waals surface area contributed by atoms with E-state index in [9.17, 15) is 0 Å². The fourth-order valence-corrected chi connectivity index (χ4v) is 4.98. The molecule has 0 saturated carbocycles. The van der Waals surface area contributed by atoms with Crippen LogP contribution in [0.15, 0.2) is 22.7 Å². The third kappa shape index (κ3) is 3.86. The van der Waals surface area contributed by atoms with Gasteiger partial charge in [0.05, 0.1) is 16.2 Å². The van der Waals surface area contributed by atoms with Crippen molar-refractivity contribution in [3.05, 3.63) is 34.8 Å². The summed E-state index contributed by atoms with van der Waals surface area (Å²) in [5.41, 5.74) is 1.83. The number of hydrogen-bond acceptors (Lipinski definition) is 6. The molecule has 2 fully saturated rings. The number of para-hydroxylation sites is 1. The Bertz CT molecular complexity index is 1000. The predicted molar refractivity (Wildman–Crippen MR) is 115 cm³/mol. The summed E-state index contributed by atoms with van der Waals surface area (Å²) in [5.74, 6) is 2.26. The molecule has 0 atom stereocenters. The second kappa shape index (κ2) is 8.65. The Kier molecular flexibility index (Phi) is 5.76. The van der Waals surface area contributed by atoms with Crippen LogP contribution in [-0.4, -0.2) is 57.7 Å². The highest BCUT2D eigenvalue weighted by molar-refractivity contribution is 6.35. The molecular weight excluding hydrogens is 402 g/mol. The van der Waals surface area contributed by atoms with Crippen LogP contribution in [-0.2, 0) is 11.2 Å². The van der Waals surface area contributed by atoms with Crippen LogP contribution in [0.1, 0.15) is 50.1 Å². The summed E-state index contributed by atoms with van der Waals surface area (Å²) >= 11 is 6.47. The minimum atomic E-state index is 0.306. The second-order valence-corrected chi connectivity index (χ2v) is 8.82. The quantitative estimate of drug-likeness (QED) is 0.604. The van der Waals surface area contributed by atoms with E-state index in [0.29, 0.717) is 22.8 Å². The van der Waals surface area contributed by atoms with Gasteiger partial charge in [-0.15, -0.1) is 0 Å². The van der Waals surface area contributed by atoms with E-state index in [0.717, 1.165) is 68.1 Å². The van der Waals surface area contributed by atoms with E-state index in [2.05, 4.69) is 17.0 Å². The molecule has 1 aromatic carbocycles. The average Bonchev–Trinajstić information content (AvgIpc) is 3.40. The van der Waals surface area contributed by atoms with Crippen LogP contribution >= 0.6 is 11.6 Å². The molecule has 160 valence electrons. The summed E-state index contributed by atoms with van der Waals surface area (Å²) in [6.07, 6.45) is 5.29. The Balaban J connectivity index is 1.29. The van der Waals surface area contributed by atoms with Crippen molar-refractivity contribution in [1.82, 2.24) is 24.8 Å². The largest absolute Gasteiger partial charge is 0.381 e. The number of aromatic nitrogens is 4. The molecule has 4 heterocycles. The zero-order valence-corrected chi connectivity index (χ0v) is 18.1.